The molecule has 114 valence electrons. The van der Waals surface area contributed by atoms with Gasteiger partial charge in [0.05, 0.1) is 17.4 Å². The lowest BCUT2D eigenvalue weighted by Gasteiger charge is -2.14. The van der Waals surface area contributed by atoms with Crippen LogP contribution < -0.4 is 10.6 Å². The second-order valence-corrected chi connectivity index (χ2v) is 5.45. The molecule has 1 amide bonds. The first-order valence-corrected chi connectivity index (χ1v) is 6.69. The van der Waals surface area contributed by atoms with Gasteiger partial charge in [-0.3, -0.25) is 9.48 Å². The number of carbonyl (C=O) groups is 1. The monoisotopic (exact) mass is 302 g/mol. The Morgan fingerprint density at radius 3 is 2.85 bits per heavy atom. The van der Waals surface area contributed by atoms with E-state index < -0.39 is 0 Å². The minimum Gasteiger partial charge on any atom is -0.391 e. The van der Waals surface area contributed by atoms with Crippen molar-refractivity contribution in [3.05, 3.63) is 17.5 Å². The number of rotatable bonds is 4. The molecule has 2 heterocycles. The third kappa shape index (κ3) is 3.71. The predicted octanol–water partition coefficient (Wildman–Crippen LogP) is 0.275. The quantitative estimate of drug-likeness (QED) is 0.746. The van der Waals surface area contributed by atoms with E-state index >= 15 is 0 Å². The fourth-order valence-electron chi connectivity index (χ4n) is 2.35. The Hall–Kier alpha value is -1.11. The number of β-amino-alcohol motifs (C(OH)–C–C–N with tert-alkyl or cyclic N) is 1. The van der Waals surface area contributed by atoms with Crippen LogP contribution in [0.3, 0.4) is 0 Å². The van der Waals surface area contributed by atoms with Crippen molar-refractivity contribution in [2.75, 3.05) is 19.6 Å². The predicted molar refractivity (Wildman–Crippen MR) is 79.2 cm³/mol. The number of nitrogens with zero attached hydrogens (tertiary/aromatic N) is 2. The molecule has 0 saturated carbocycles. The number of carbonyl (C=O) groups excluding carboxylic acids is 1. The van der Waals surface area contributed by atoms with E-state index in [2.05, 4.69) is 15.7 Å². The summed E-state index contributed by atoms with van der Waals surface area (Å²) in [7, 11) is 1.81. The number of amides is 1. The highest BCUT2D eigenvalue weighted by atomic mass is 35.5. The molecule has 1 aromatic heterocycles. The maximum absolute atomic E-state index is 12.2. The Balaban J connectivity index is 0.00000200. The van der Waals surface area contributed by atoms with Crippen molar-refractivity contribution in [3.8, 4) is 0 Å². The van der Waals surface area contributed by atoms with Gasteiger partial charge in [0.15, 0.2) is 0 Å². The summed E-state index contributed by atoms with van der Waals surface area (Å²) in [6, 6.07) is 0. The molecular weight excluding hydrogens is 280 g/mol. The standard InChI is InChI=1S/C13H22N4O2.ClH/c1-8(2)12-10(7-17(3)16-12)13(19)15-5-9-4-14-6-11(9)18;/h7-9,11,14,18H,4-6H2,1-3H3,(H,15,19);1H. The highest BCUT2D eigenvalue weighted by Gasteiger charge is 2.26. The van der Waals surface area contributed by atoms with Crippen LogP contribution in [0.1, 0.15) is 35.8 Å². The van der Waals surface area contributed by atoms with Crippen LogP contribution in [0.5, 0.6) is 0 Å². The van der Waals surface area contributed by atoms with Gasteiger partial charge in [-0.15, -0.1) is 12.4 Å². The highest BCUT2D eigenvalue weighted by molar-refractivity contribution is 5.95. The van der Waals surface area contributed by atoms with Crippen LogP contribution in [-0.2, 0) is 7.05 Å². The molecule has 3 N–H and O–H groups in total. The third-order valence-electron chi connectivity index (χ3n) is 3.48. The topological polar surface area (TPSA) is 79.2 Å². The van der Waals surface area contributed by atoms with E-state index in [4.69, 9.17) is 0 Å². The summed E-state index contributed by atoms with van der Waals surface area (Å²) < 4.78 is 1.66. The minimum atomic E-state index is -0.376. The van der Waals surface area contributed by atoms with Gasteiger partial charge in [0.2, 0.25) is 0 Å². The van der Waals surface area contributed by atoms with E-state index in [9.17, 15) is 9.90 Å². The van der Waals surface area contributed by atoms with Crippen LogP contribution >= 0.6 is 12.4 Å². The van der Waals surface area contributed by atoms with Crippen molar-refractivity contribution in [2.24, 2.45) is 13.0 Å². The lowest BCUT2D eigenvalue weighted by Crippen LogP contribution is -2.34. The minimum absolute atomic E-state index is 0. The normalized spacial score (nSPS) is 21.9. The number of hydrogen-bond acceptors (Lipinski definition) is 4. The first-order valence-electron chi connectivity index (χ1n) is 6.69. The van der Waals surface area contributed by atoms with Crippen molar-refractivity contribution in [1.29, 1.82) is 0 Å². The number of hydrogen-bond donors (Lipinski definition) is 3. The van der Waals surface area contributed by atoms with Crippen molar-refractivity contribution < 1.29 is 9.90 Å². The van der Waals surface area contributed by atoms with Crippen LogP contribution in [0.2, 0.25) is 0 Å². The van der Waals surface area contributed by atoms with E-state index in [-0.39, 0.29) is 36.3 Å². The molecule has 1 aromatic rings. The lowest BCUT2D eigenvalue weighted by molar-refractivity contribution is 0.0925. The van der Waals surface area contributed by atoms with Gasteiger partial charge in [-0.2, -0.15) is 5.10 Å². The second-order valence-electron chi connectivity index (χ2n) is 5.45. The molecular formula is C13H23ClN4O2. The Morgan fingerprint density at radius 2 is 2.30 bits per heavy atom. The molecule has 0 aliphatic carbocycles. The Morgan fingerprint density at radius 1 is 1.60 bits per heavy atom. The van der Waals surface area contributed by atoms with Crippen molar-refractivity contribution in [1.82, 2.24) is 20.4 Å². The molecule has 1 fully saturated rings. The van der Waals surface area contributed by atoms with Gasteiger partial charge in [-0.25, -0.2) is 0 Å². The molecule has 20 heavy (non-hydrogen) atoms. The molecule has 0 spiro atoms. The lowest BCUT2D eigenvalue weighted by atomic mass is 10.0. The number of halogens is 1. The number of aliphatic hydroxyl groups excluding tert-OH is 1. The SMILES string of the molecule is CC(C)c1nn(C)cc1C(=O)NCC1CNCC1O.Cl. The number of aryl methyl sites for hydroxylation is 1. The fourth-order valence-corrected chi connectivity index (χ4v) is 2.35. The molecule has 0 bridgehead atoms. The number of nitrogens with one attached hydrogen (secondary N) is 2. The van der Waals surface area contributed by atoms with Crippen LogP contribution in [-0.4, -0.2) is 46.5 Å². The van der Waals surface area contributed by atoms with Crippen LogP contribution in [0.15, 0.2) is 6.20 Å². The molecule has 2 rings (SSSR count). The summed E-state index contributed by atoms with van der Waals surface area (Å²) in [6.45, 7) is 5.86. The summed E-state index contributed by atoms with van der Waals surface area (Å²) in [5.41, 5.74) is 1.43. The van der Waals surface area contributed by atoms with Crippen molar-refractivity contribution in [2.45, 2.75) is 25.9 Å². The molecule has 1 saturated heterocycles. The second kappa shape index (κ2) is 7.06. The number of aliphatic hydroxyl groups is 1. The highest BCUT2D eigenvalue weighted by Crippen LogP contribution is 2.17. The van der Waals surface area contributed by atoms with Gasteiger partial charge < -0.3 is 15.7 Å². The van der Waals surface area contributed by atoms with E-state index in [1.807, 2.05) is 20.9 Å². The summed E-state index contributed by atoms with van der Waals surface area (Å²) in [5, 5.41) is 20.0. The molecule has 6 nitrogen and oxygen atoms in total. The maximum Gasteiger partial charge on any atom is 0.254 e. The zero-order valence-electron chi connectivity index (χ0n) is 12.1. The summed E-state index contributed by atoms with van der Waals surface area (Å²) >= 11 is 0. The van der Waals surface area contributed by atoms with Crippen LogP contribution in [0.25, 0.3) is 0 Å². The van der Waals surface area contributed by atoms with Gasteiger partial charge in [0.1, 0.15) is 0 Å². The molecule has 2 atom stereocenters. The number of aromatic nitrogens is 2. The van der Waals surface area contributed by atoms with E-state index in [1.54, 1.807) is 10.9 Å². The third-order valence-corrected chi connectivity index (χ3v) is 3.48. The smallest absolute Gasteiger partial charge is 0.254 e. The molecule has 1 aliphatic heterocycles. The van der Waals surface area contributed by atoms with E-state index in [0.29, 0.717) is 18.7 Å². The Bertz CT molecular complexity index is 461. The molecule has 0 aromatic carbocycles. The van der Waals surface area contributed by atoms with Gasteiger partial charge in [0.25, 0.3) is 5.91 Å². The zero-order chi connectivity index (χ0) is 14.0. The maximum atomic E-state index is 12.2. The summed E-state index contributed by atoms with van der Waals surface area (Å²) in [5.74, 6) is 0.180. The summed E-state index contributed by atoms with van der Waals surface area (Å²) in [6.07, 6.45) is 1.37. The van der Waals surface area contributed by atoms with E-state index in [0.717, 1.165) is 12.2 Å². The van der Waals surface area contributed by atoms with E-state index in [1.165, 1.54) is 0 Å². The largest absolute Gasteiger partial charge is 0.391 e. The fraction of sp³-hybridized carbons (Fsp3) is 0.692. The average Bonchev–Trinajstić information content (AvgIpc) is 2.92. The van der Waals surface area contributed by atoms with Crippen molar-refractivity contribution >= 4 is 18.3 Å². The first-order chi connectivity index (χ1) is 8.99. The Labute approximate surface area is 125 Å². The Kier molecular flexibility index (Phi) is 5.98. The molecule has 2 unspecified atom stereocenters. The average molecular weight is 303 g/mol. The van der Waals surface area contributed by atoms with Gasteiger partial charge >= 0.3 is 0 Å². The molecule has 1 aliphatic rings. The van der Waals surface area contributed by atoms with Crippen LogP contribution in [0.4, 0.5) is 0 Å². The molecule has 0 radical (unpaired) electrons. The van der Waals surface area contributed by atoms with Crippen LogP contribution in [0, 0.1) is 5.92 Å². The van der Waals surface area contributed by atoms with Gasteiger partial charge in [-0.1, -0.05) is 13.8 Å². The van der Waals surface area contributed by atoms with Gasteiger partial charge in [0, 0.05) is 38.8 Å². The molecule has 7 heteroatoms. The van der Waals surface area contributed by atoms with Gasteiger partial charge in [-0.05, 0) is 5.92 Å². The van der Waals surface area contributed by atoms with Crippen molar-refractivity contribution in [3.63, 3.8) is 0 Å². The zero-order valence-corrected chi connectivity index (χ0v) is 12.9. The first kappa shape index (κ1) is 16.9. The summed E-state index contributed by atoms with van der Waals surface area (Å²) in [4.78, 5) is 12.2.